The number of aromatic carboxylic acids is 1. The number of methoxy groups -OCH3 is 1. The highest BCUT2D eigenvalue weighted by Crippen LogP contribution is 2.27. The average molecular weight is 485 g/mol. The molecule has 8 nitrogen and oxygen atoms in total. The van der Waals surface area contributed by atoms with Crippen molar-refractivity contribution in [1.29, 1.82) is 0 Å². The highest BCUT2D eigenvalue weighted by molar-refractivity contribution is 7.90. The van der Waals surface area contributed by atoms with Crippen LogP contribution in [0.3, 0.4) is 0 Å². The second-order valence-electron chi connectivity index (χ2n) is 7.02. The molecule has 0 aliphatic heterocycles. The molecule has 4 rings (SSSR count). The molecule has 10 heteroatoms. The van der Waals surface area contributed by atoms with Crippen molar-refractivity contribution in [3.8, 4) is 5.75 Å². The van der Waals surface area contributed by atoms with Crippen LogP contribution in [0.15, 0.2) is 77.8 Å². The van der Waals surface area contributed by atoms with Crippen LogP contribution < -0.4 is 10.1 Å². The monoisotopic (exact) mass is 484 g/mol. The van der Waals surface area contributed by atoms with Crippen LogP contribution in [0.2, 0.25) is 5.02 Å². The van der Waals surface area contributed by atoms with Gasteiger partial charge in [0, 0.05) is 28.2 Å². The van der Waals surface area contributed by atoms with Gasteiger partial charge < -0.3 is 15.2 Å². The number of nitrogens with one attached hydrogen (secondary N) is 1. The zero-order chi connectivity index (χ0) is 23.8. The molecule has 0 atom stereocenters. The Hall–Kier alpha value is -3.82. The van der Waals surface area contributed by atoms with Gasteiger partial charge in [-0.1, -0.05) is 17.7 Å². The highest BCUT2D eigenvalue weighted by atomic mass is 35.5. The molecule has 0 bridgehead atoms. The third kappa shape index (κ3) is 4.28. The molecule has 0 aliphatic rings. The number of anilines is 1. The van der Waals surface area contributed by atoms with Gasteiger partial charge in [-0.15, -0.1) is 0 Å². The first-order valence-corrected chi connectivity index (χ1v) is 11.4. The summed E-state index contributed by atoms with van der Waals surface area (Å²) in [7, 11) is -2.55. The van der Waals surface area contributed by atoms with Gasteiger partial charge in [-0.25, -0.2) is 17.2 Å². The number of nitrogens with zero attached hydrogens (tertiary/aromatic N) is 1. The maximum atomic E-state index is 13.3. The van der Waals surface area contributed by atoms with Gasteiger partial charge in [-0.05, 0) is 54.6 Å². The van der Waals surface area contributed by atoms with Crippen molar-refractivity contribution in [1.82, 2.24) is 3.97 Å². The summed E-state index contributed by atoms with van der Waals surface area (Å²) in [6.45, 7) is 0. The molecule has 2 N–H and O–H groups in total. The molecule has 1 amide bonds. The minimum Gasteiger partial charge on any atom is -0.497 e. The Labute approximate surface area is 194 Å². The van der Waals surface area contributed by atoms with Gasteiger partial charge in [0.05, 0.1) is 28.8 Å². The predicted octanol–water partition coefficient (Wildman–Crippen LogP) is 4.49. The van der Waals surface area contributed by atoms with Crippen LogP contribution in [0.25, 0.3) is 10.9 Å². The predicted molar refractivity (Wildman–Crippen MR) is 124 cm³/mol. The number of carbonyl (C=O) groups excluding carboxylic acids is 1. The molecule has 3 aromatic carbocycles. The van der Waals surface area contributed by atoms with E-state index in [1.165, 1.54) is 55.8 Å². The first-order chi connectivity index (χ1) is 15.7. The average Bonchev–Trinajstić information content (AvgIpc) is 3.24. The van der Waals surface area contributed by atoms with Crippen LogP contribution in [0, 0.1) is 0 Å². The maximum Gasteiger partial charge on any atom is 0.337 e. The van der Waals surface area contributed by atoms with E-state index in [0.29, 0.717) is 16.7 Å². The van der Waals surface area contributed by atoms with Crippen LogP contribution in [0.1, 0.15) is 20.7 Å². The molecule has 168 valence electrons. The lowest BCUT2D eigenvalue weighted by atomic mass is 10.1. The number of rotatable bonds is 6. The van der Waals surface area contributed by atoms with Gasteiger partial charge in [0.2, 0.25) is 0 Å². The maximum absolute atomic E-state index is 13.3. The normalized spacial score (nSPS) is 11.3. The fourth-order valence-electron chi connectivity index (χ4n) is 3.33. The van der Waals surface area contributed by atoms with Crippen molar-refractivity contribution in [3.63, 3.8) is 0 Å². The number of fused-ring (bicyclic) bond motifs is 1. The smallest absolute Gasteiger partial charge is 0.337 e. The Kier molecular flexibility index (Phi) is 5.84. The van der Waals surface area contributed by atoms with Gasteiger partial charge in [0.15, 0.2) is 0 Å². The van der Waals surface area contributed by atoms with Crippen molar-refractivity contribution in [2.45, 2.75) is 4.90 Å². The number of amides is 1. The summed E-state index contributed by atoms with van der Waals surface area (Å²) in [5, 5.41) is 12.8. The van der Waals surface area contributed by atoms with E-state index in [1.807, 2.05) is 0 Å². The summed E-state index contributed by atoms with van der Waals surface area (Å²) in [5.41, 5.74) is 0.314. The summed E-state index contributed by atoms with van der Waals surface area (Å²) in [4.78, 5) is 24.1. The Balaban J connectivity index is 1.70. The van der Waals surface area contributed by atoms with E-state index in [2.05, 4.69) is 5.32 Å². The molecule has 0 saturated heterocycles. The molecule has 0 unspecified atom stereocenters. The number of aromatic nitrogens is 1. The number of carbonyl (C=O) groups is 2. The SMILES string of the molecule is COc1ccc2ccn(S(=O)(=O)c3cccc(C(=O)Nc4ccc(Cl)cc4C(=O)O)c3)c2c1. The van der Waals surface area contributed by atoms with Crippen molar-refractivity contribution in [2.75, 3.05) is 12.4 Å². The van der Waals surface area contributed by atoms with Crippen molar-refractivity contribution in [2.24, 2.45) is 0 Å². The zero-order valence-electron chi connectivity index (χ0n) is 17.2. The molecule has 4 aromatic rings. The number of benzene rings is 3. The quantitative estimate of drug-likeness (QED) is 0.416. The summed E-state index contributed by atoms with van der Waals surface area (Å²) in [5.74, 6) is -1.43. The molecule has 0 spiro atoms. The molecular weight excluding hydrogens is 468 g/mol. The van der Waals surface area contributed by atoms with Crippen LogP contribution >= 0.6 is 11.6 Å². The highest BCUT2D eigenvalue weighted by Gasteiger charge is 2.21. The number of ether oxygens (including phenoxy) is 1. The number of hydrogen-bond acceptors (Lipinski definition) is 5. The molecular formula is C23H17ClN2O6S. The van der Waals surface area contributed by atoms with Crippen molar-refractivity contribution in [3.05, 3.63) is 89.1 Å². The van der Waals surface area contributed by atoms with E-state index in [9.17, 15) is 23.1 Å². The lowest BCUT2D eigenvalue weighted by Crippen LogP contribution is -2.16. The molecule has 33 heavy (non-hydrogen) atoms. The van der Waals surface area contributed by atoms with Gasteiger partial charge in [0.25, 0.3) is 15.9 Å². The lowest BCUT2D eigenvalue weighted by molar-refractivity contribution is 0.0698. The first-order valence-electron chi connectivity index (χ1n) is 9.55. The number of carboxylic acid groups (broad SMARTS) is 1. The topological polar surface area (TPSA) is 115 Å². The zero-order valence-corrected chi connectivity index (χ0v) is 18.7. The van der Waals surface area contributed by atoms with E-state index >= 15 is 0 Å². The Morgan fingerprint density at radius 3 is 2.55 bits per heavy atom. The minimum absolute atomic E-state index is 0.0358. The van der Waals surface area contributed by atoms with Crippen LogP contribution in [0.4, 0.5) is 5.69 Å². The Morgan fingerprint density at radius 2 is 1.82 bits per heavy atom. The summed E-state index contributed by atoms with van der Waals surface area (Å²) in [6.07, 6.45) is 1.43. The Bertz CT molecular complexity index is 1510. The largest absolute Gasteiger partial charge is 0.497 e. The van der Waals surface area contributed by atoms with E-state index in [-0.39, 0.29) is 26.7 Å². The fourth-order valence-corrected chi connectivity index (χ4v) is 4.89. The van der Waals surface area contributed by atoms with Crippen LogP contribution in [0.5, 0.6) is 5.75 Å². The van der Waals surface area contributed by atoms with Crippen LogP contribution in [-0.4, -0.2) is 36.5 Å². The van der Waals surface area contributed by atoms with Crippen molar-refractivity contribution < 1.29 is 27.9 Å². The van der Waals surface area contributed by atoms with Crippen molar-refractivity contribution >= 4 is 50.1 Å². The fraction of sp³-hybridized carbons (Fsp3) is 0.0435. The number of hydrogen-bond donors (Lipinski definition) is 2. The van der Waals surface area contributed by atoms with Gasteiger partial charge in [-0.3, -0.25) is 4.79 Å². The summed E-state index contributed by atoms with van der Waals surface area (Å²) >= 11 is 5.84. The van der Waals surface area contributed by atoms with E-state index in [0.717, 1.165) is 3.97 Å². The summed E-state index contributed by atoms with van der Waals surface area (Å²) < 4.78 is 33.0. The molecule has 0 aliphatic carbocycles. The molecule has 0 radical (unpaired) electrons. The molecule has 1 aromatic heterocycles. The third-order valence-electron chi connectivity index (χ3n) is 4.98. The number of carboxylic acids is 1. The summed E-state index contributed by atoms with van der Waals surface area (Å²) in [6, 6.07) is 16.2. The second-order valence-corrected chi connectivity index (χ2v) is 9.27. The molecule has 1 heterocycles. The van der Waals surface area contributed by atoms with Crippen LogP contribution in [-0.2, 0) is 10.0 Å². The first kappa shape index (κ1) is 22.4. The van der Waals surface area contributed by atoms with Gasteiger partial charge >= 0.3 is 5.97 Å². The minimum atomic E-state index is -4.03. The van der Waals surface area contributed by atoms with E-state index in [1.54, 1.807) is 24.3 Å². The van der Waals surface area contributed by atoms with Gasteiger partial charge in [-0.2, -0.15) is 0 Å². The third-order valence-corrected chi connectivity index (χ3v) is 6.90. The Morgan fingerprint density at radius 1 is 1.03 bits per heavy atom. The van der Waals surface area contributed by atoms with E-state index < -0.39 is 21.9 Å². The van der Waals surface area contributed by atoms with Gasteiger partial charge in [0.1, 0.15) is 5.75 Å². The molecule has 0 fully saturated rings. The van der Waals surface area contributed by atoms with E-state index in [4.69, 9.17) is 16.3 Å². The number of halogens is 1. The molecule has 0 saturated carbocycles. The lowest BCUT2D eigenvalue weighted by Gasteiger charge is -2.11. The standard InChI is InChI=1S/C23H17ClN2O6S/c1-32-17-7-5-14-9-10-26(21(14)13-17)33(30,31)18-4-2-3-15(11-18)22(27)25-20-8-6-16(24)12-19(20)23(28)29/h2-13H,1H3,(H,25,27)(H,28,29). The second kappa shape index (κ2) is 8.61.